The number of esters is 1. The van der Waals surface area contributed by atoms with Gasteiger partial charge in [-0.1, -0.05) is 0 Å². The van der Waals surface area contributed by atoms with Gasteiger partial charge in [0, 0.05) is 38.8 Å². The van der Waals surface area contributed by atoms with E-state index in [0.717, 1.165) is 0 Å². The minimum Gasteiger partial charge on any atom is -0.452 e. The normalized spacial score (nSPS) is 14.2. The fourth-order valence-electron chi connectivity index (χ4n) is 2.68. The molecule has 0 aliphatic carbocycles. The van der Waals surface area contributed by atoms with Gasteiger partial charge in [-0.25, -0.2) is 9.59 Å². The second-order valence-electron chi connectivity index (χ2n) is 7.67. The van der Waals surface area contributed by atoms with Crippen LogP contribution in [0.4, 0.5) is 10.5 Å². The van der Waals surface area contributed by atoms with E-state index in [0.29, 0.717) is 31.9 Å². The van der Waals surface area contributed by atoms with E-state index in [-0.39, 0.29) is 24.0 Å². The lowest BCUT2D eigenvalue weighted by Crippen LogP contribution is -2.51. The zero-order valence-corrected chi connectivity index (χ0v) is 17.2. The molecule has 1 aromatic carbocycles. The second-order valence-corrected chi connectivity index (χ2v) is 7.67. The monoisotopic (exact) mass is 405 g/mol. The van der Waals surface area contributed by atoms with Crippen molar-refractivity contribution in [3.63, 3.8) is 0 Å². The van der Waals surface area contributed by atoms with Gasteiger partial charge in [-0.15, -0.1) is 0 Å². The molecule has 0 spiro atoms. The summed E-state index contributed by atoms with van der Waals surface area (Å²) in [5.41, 5.74) is 0.114. The molecule has 1 aromatic rings. The number of nitrogens with one attached hydrogen (secondary N) is 1. The Bertz CT molecular complexity index is 761. The number of ether oxygens (including phenoxy) is 2. The highest BCUT2D eigenvalue weighted by Gasteiger charge is 2.23. The summed E-state index contributed by atoms with van der Waals surface area (Å²) in [6.07, 6.45) is -0.594. The summed E-state index contributed by atoms with van der Waals surface area (Å²) in [5, 5.41) is 2.57. The Balaban J connectivity index is 1.80. The summed E-state index contributed by atoms with van der Waals surface area (Å²) in [4.78, 5) is 50.6. The molecule has 2 rings (SSSR count). The van der Waals surface area contributed by atoms with E-state index in [1.165, 1.54) is 19.1 Å². The molecule has 1 saturated heterocycles. The Hall–Kier alpha value is -3.10. The molecule has 1 N–H and O–H groups in total. The van der Waals surface area contributed by atoms with Crippen LogP contribution in [0.3, 0.4) is 0 Å². The quantitative estimate of drug-likeness (QED) is 0.767. The number of carbonyl (C=O) groups excluding carboxylic acids is 4. The van der Waals surface area contributed by atoms with Crippen molar-refractivity contribution in [2.75, 3.05) is 38.1 Å². The average Bonchev–Trinajstić information content (AvgIpc) is 2.65. The smallest absolute Gasteiger partial charge is 0.412 e. The van der Waals surface area contributed by atoms with Crippen LogP contribution in [0.5, 0.6) is 0 Å². The molecule has 3 amide bonds. The first kappa shape index (κ1) is 22.2. The minimum absolute atomic E-state index is 0.0202. The van der Waals surface area contributed by atoms with Crippen LogP contribution in [0.15, 0.2) is 24.3 Å². The van der Waals surface area contributed by atoms with Crippen molar-refractivity contribution >= 4 is 29.6 Å². The van der Waals surface area contributed by atoms with Crippen LogP contribution in [0.25, 0.3) is 0 Å². The predicted molar refractivity (Wildman–Crippen MR) is 105 cm³/mol. The van der Waals surface area contributed by atoms with Gasteiger partial charge in [0.15, 0.2) is 6.61 Å². The first-order valence-corrected chi connectivity index (χ1v) is 9.35. The van der Waals surface area contributed by atoms with E-state index in [1.54, 1.807) is 42.7 Å². The van der Waals surface area contributed by atoms with Gasteiger partial charge in [-0.3, -0.25) is 14.9 Å². The molecule has 1 heterocycles. The third kappa shape index (κ3) is 7.10. The first-order chi connectivity index (χ1) is 13.5. The average molecular weight is 405 g/mol. The van der Waals surface area contributed by atoms with Crippen molar-refractivity contribution in [3.8, 4) is 0 Å². The minimum atomic E-state index is -0.635. The highest BCUT2D eigenvalue weighted by atomic mass is 16.6. The summed E-state index contributed by atoms with van der Waals surface area (Å²) >= 11 is 0. The van der Waals surface area contributed by atoms with Gasteiger partial charge < -0.3 is 19.3 Å². The number of hydrogen-bond acceptors (Lipinski definition) is 6. The first-order valence-electron chi connectivity index (χ1n) is 9.35. The molecule has 1 aliphatic heterocycles. The third-order valence-corrected chi connectivity index (χ3v) is 4.17. The number of hydrogen-bond donors (Lipinski definition) is 1. The second kappa shape index (κ2) is 9.40. The number of amides is 3. The lowest BCUT2D eigenvalue weighted by Gasteiger charge is -2.34. The Morgan fingerprint density at radius 2 is 1.52 bits per heavy atom. The zero-order chi connectivity index (χ0) is 21.6. The third-order valence-electron chi connectivity index (χ3n) is 4.17. The fraction of sp³-hybridized carbons (Fsp3) is 0.500. The SMILES string of the molecule is CC(=O)N1CCN(C(=O)COC(=O)c2ccc(NC(=O)OC(C)(C)C)cc2)CC1. The molecule has 0 bridgehead atoms. The molecular formula is C20H27N3O6. The summed E-state index contributed by atoms with van der Waals surface area (Å²) in [7, 11) is 0. The van der Waals surface area contributed by atoms with Gasteiger partial charge >= 0.3 is 12.1 Å². The van der Waals surface area contributed by atoms with Crippen molar-refractivity contribution in [2.45, 2.75) is 33.3 Å². The van der Waals surface area contributed by atoms with Crippen LogP contribution in [-0.2, 0) is 19.1 Å². The number of nitrogens with zero attached hydrogens (tertiary/aromatic N) is 2. The van der Waals surface area contributed by atoms with Crippen LogP contribution < -0.4 is 5.32 Å². The molecule has 158 valence electrons. The van der Waals surface area contributed by atoms with Crippen molar-refractivity contribution in [3.05, 3.63) is 29.8 Å². The summed E-state index contributed by atoms with van der Waals surface area (Å²) in [6, 6.07) is 6.07. The van der Waals surface area contributed by atoms with Crippen LogP contribution in [-0.4, -0.2) is 72.1 Å². The number of rotatable bonds is 4. The van der Waals surface area contributed by atoms with E-state index in [2.05, 4.69) is 5.32 Å². The summed E-state index contributed by atoms with van der Waals surface area (Å²) in [6.45, 7) is 8.19. The van der Waals surface area contributed by atoms with Crippen molar-refractivity contribution in [2.24, 2.45) is 0 Å². The van der Waals surface area contributed by atoms with Crippen molar-refractivity contribution < 1.29 is 28.7 Å². The molecule has 1 aliphatic rings. The molecule has 0 unspecified atom stereocenters. The topological polar surface area (TPSA) is 105 Å². The fourth-order valence-corrected chi connectivity index (χ4v) is 2.68. The predicted octanol–water partition coefficient (Wildman–Crippen LogP) is 1.88. The molecule has 9 heteroatoms. The number of piperazine rings is 1. The van der Waals surface area contributed by atoms with Crippen molar-refractivity contribution in [1.29, 1.82) is 0 Å². The zero-order valence-electron chi connectivity index (χ0n) is 17.2. The van der Waals surface area contributed by atoms with Crippen molar-refractivity contribution in [1.82, 2.24) is 9.80 Å². The molecule has 9 nitrogen and oxygen atoms in total. The van der Waals surface area contributed by atoms with Crippen LogP contribution >= 0.6 is 0 Å². The molecular weight excluding hydrogens is 378 g/mol. The molecule has 0 radical (unpaired) electrons. The van der Waals surface area contributed by atoms with Crippen LogP contribution in [0.2, 0.25) is 0 Å². The molecule has 1 fully saturated rings. The molecule has 0 atom stereocenters. The Morgan fingerprint density at radius 1 is 0.966 bits per heavy atom. The van der Waals surface area contributed by atoms with Gasteiger partial charge in [-0.05, 0) is 45.0 Å². The molecule has 29 heavy (non-hydrogen) atoms. The number of carbonyl (C=O) groups is 4. The Kier molecular flexibility index (Phi) is 7.19. The molecule has 0 saturated carbocycles. The van der Waals surface area contributed by atoms with Gasteiger partial charge in [0.25, 0.3) is 5.91 Å². The number of anilines is 1. The molecule has 0 aromatic heterocycles. The Labute approximate surface area is 169 Å². The highest BCUT2D eigenvalue weighted by molar-refractivity contribution is 5.92. The van der Waals surface area contributed by atoms with Gasteiger partial charge in [-0.2, -0.15) is 0 Å². The highest BCUT2D eigenvalue weighted by Crippen LogP contribution is 2.14. The largest absolute Gasteiger partial charge is 0.452 e. The van der Waals surface area contributed by atoms with Crippen LogP contribution in [0.1, 0.15) is 38.1 Å². The van der Waals surface area contributed by atoms with E-state index in [9.17, 15) is 19.2 Å². The lowest BCUT2D eigenvalue weighted by atomic mass is 10.2. The van der Waals surface area contributed by atoms with E-state index < -0.39 is 17.7 Å². The maximum atomic E-state index is 12.2. The van der Waals surface area contributed by atoms with Gasteiger partial charge in [0.1, 0.15) is 5.60 Å². The lowest BCUT2D eigenvalue weighted by molar-refractivity contribution is -0.140. The van der Waals surface area contributed by atoms with E-state index in [4.69, 9.17) is 9.47 Å². The van der Waals surface area contributed by atoms with Gasteiger partial charge in [0.2, 0.25) is 5.91 Å². The summed E-state index contributed by atoms with van der Waals surface area (Å²) < 4.78 is 10.2. The number of benzene rings is 1. The van der Waals surface area contributed by atoms with Gasteiger partial charge in [0.05, 0.1) is 5.56 Å². The van der Waals surface area contributed by atoms with E-state index >= 15 is 0 Å². The van der Waals surface area contributed by atoms with E-state index in [1.807, 2.05) is 0 Å². The maximum Gasteiger partial charge on any atom is 0.412 e. The maximum absolute atomic E-state index is 12.2. The summed E-state index contributed by atoms with van der Waals surface area (Å²) in [5.74, 6) is -0.956. The Morgan fingerprint density at radius 3 is 2.03 bits per heavy atom. The standard InChI is InChI=1S/C20H27N3O6/c1-14(24)22-9-11-23(12-10-22)17(25)13-28-18(26)15-5-7-16(8-6-15)21-19(27)29-20(2,3)4/h5-8H,9-13H2,1-4H3,(H,21,27). The van der Waals surface area contributed by atoms with Crippen LogP contribution in [0, 0.1) is 0 Å².